The van der Waals surface area contributed by atoms with Crippen LogP contribution in [0.1, 0.15) is 28.9 Å². The van der Waals surface area contributed by atoms with E-state index < -0.39 is 0 Å². The summed E-state index contributed by atoms with van der Waals surface area (Å²) in [5.74, 6) is -0.242. The van der Waals surface area contributed by atoms with Gasteiger partial charge in [-0.25, -0.2) is 4.79 Å². The van der Waals surface area contributed by atoms with E-state index in [1.54, 1.807) is 17.9 Å². The number of ether oxygens (including phenoxy) is 1. The molecule has 4 nitrogen and oxygen atoms in total. The van der Waals surface area contributed by atoms with Crippen LogP contribution in [0.5, 0.6) is 0 Å². The van der Waals surface area contributed by atoms with Crippen LogP contribution in [-0.2, 0) is 11.8 Å². The van der Waals surface area contributed by atoms with Gasteiger partial charge in [0, 0.05) is 13.2 Å². The van der Waals surface area contributed by atoms with Crippen molar-refractivity contribution in [2.24, 2.45) is 7.05 Å². The second-order valence-electron chi connectivity index (χ2n) is 3.41. The van der Waals surface area contributed by atoms with Crippen LogP contribution in [0, 0.1) is 6.92 Å². The van der Waals surface area contributed by atoms with Crippen LogP contribution in [0.25, 0.3) is 0 Å². The molecule has 2 rings (SSSR count). The SMILES string of the molecule is Cc1nn(C)cc1C(=O)OC1CC1. The van der Waals surface area contributed by atoms with Crippen molar-refractivity contribution in [3.63, 3.8) is 0 Å². The standard InChI is InChI=1S/C9H12N2O2/c1-6-8(5-11(2)10-6)9(12)13-7-3-4-7/h5,7H,3-4H2,1-2H3. The minimum Gasteiger partial charge on any atom is -0.459 e. The fourth-order valence-electron chi connectivity index (χ4n) is 1.20. The van der Waals surface area contributed by atoms with Crippen molar-refractivity contribution in [3.8, 4) is 0 Å². The number of hydrogen-bond donors (Lipinski definition) is 0. The Balaban J connectivity index is 2.13. The molecule has 70 valence electrons. The zero-order chi connectivity index (χ0) is 9.42. The number of carbonyl (C=O) groups excluding carboxylic acids is 1. The summed E-state index contributed by atoms with van der Waals surface area (Å²) in [7, 11) is 1.79. The van der Waals surface area contributed by atoms with Gasteiger partial charge in [0.2, 0.25) is 0 Å². The molecule has 0 aliphatic heterocycles. The number of nitrogens with zero attached hydrogens (tertiary/aromatic N) is 2. The third kappa shape index (κ3) is 1.71. The van der Waals surface area contributed by atoms with Crippen LogP contribution < -0.4 is 0 Å². The highest BCUT2D eigenvalue weighted by Crippen LogP contribution is 2.25. The van der Waals surface area contributed by atoms with Crippen molar-refractivity contribution in [2.45, 2.75) is 25.9 Å². The molecule has 1 saturated carbocycles. The van der Waals surface area contributed by atoms with Gasteiger partial charge in [0.05, 0.1) is 5.69 Å². The molecule has 13 heavy (non-hydrogen) atoms. The van der Waals surface area contributed by atoms with Crippen LogP contribution in [-0.4, -0.2) is 21.9 Å². The maximum atomic E-state index is 11.5. The number of aromatic nitrogens is 2. The number of carbonyl (C=O) groups is 1. The van der Waals surface area contributed by atoms with Gasteiger partial charge in [0.15, 0.2) is 0 Å². The number of esters is 1. The quantitative estimate of drug-likeness (QED) is 0.639. The molecule has 0 amide bonds. The summed E-state index contributed by atoms with van der Waals surface area (Å²) < 4.78 is 6.77. The van der Waals surface area contributed by atoms with E-state index in [9.17, 15) is 4.79 Å². The Kier molecular flexibility index (Phi) is 1.83. The van der Waals surface area contributed by atoms with E-state index in [1.807, 2.05) is 6.92 Å². The summed E-state index contributed by atoms with van der Waals surface area (Å²) in [6.07, 6.45) is 3.86. The highest BCUT2D eigenvalue weighted by molar-refractivity contribution is 5.90. The third-order valence-electron chi connectivity index (χ3n) is 2.03. The fraction of sp³-hybridized carbons (Fsp3) is 0.556. The molecule has 0 aromatic carbocycles. The molecule has 1 heterocycles. The molecule has 0 unspecified atom stereocenters. The smallest absolute Gasteiger partial charge is 0.341 e. The Morgan fingerprint density at radius 2 is 2.38 bits per heavy atom. The van der Waals surface area contributed by atoms with Crippen molar-refractivity contribution in [1.29, 1.82) is 0 Å². The van der Waals surface area contributed by atoms with Crippen LogP contribution in [0.4, 0.5) is 0 Å². The van der Waals surface area contributed by atoms with Gasteiger partial charge in [-0.3, -0.25) is 4.68 Å². The molecule has 1 fully saturated rings. The first-order valence-corrected chi connectivity index (χ1v) is 4.38. The maximum Gasteiger partial charge on any atom is 0.341 e. The second kappa shape index (κ2) is 2.87. The summed E-state index contributed by atoms with van der Waals surface area (Å²) in [4.78, 5) is 11.5. The highest BCUT2D eigenvalue weighted by Gasteiger charge is 2.27. The molecule has 1 aromatic heterocycles. The van der Waals surface area contributed by atoms with Crippen molar-refractivity contribution >= 4 is 5.97 Å². The first kappa shape index (κ1) is 8.29. The molecule has 1 aromatic rings. The van der Waals surface area contributed by atoms with E-state index in [2.05, 4.69) is 5.10 Å². The Morgan fingerprint density at radius 3 is 2.85 bits per heavy atom. The minimum absolute atomic E-state index is 0.159. The van der Waals surface area contributed by atoms with Crippen molar-refractivity contribution in [2.75, 3.05) is 0 Å². The molecule has 0 saturated heterocycles. The molecule has 0 atom stereocenters. The summed E-state index contributed by atoms with van der Waals surface area (Å²) >= 11 is 0. The second-order valence-corrected chi connectivity index (χ2v) is 3.41. The van der Waals surface area contributed by atoms with Gasteiger partial charge in [0.1, 0.15) is 11.7 Å². The topological polar surface area (TPSA) is 44.1 Å². The molecular formula is C9H12N2O2. The number of hydrogen-bond acceptors (Lipinski definition) is 3. The largest absolute Gasteiger partial charge is 0.459 e. The van der Waals surface area contributed by atoms with E-state index in [-0.39, 0.29) is 12.1 Å². The maximum absolute atomic E-state index is 11.5. The summed E-state index contributed by atoms with van der Waals surface area (Å²) in [6.45, 7) is 1.81. The lowest BCUT2D eigenvalue weighted by Crippen LogP contribution is -2.06. The van der Waals surface area contributed by atoms with Crippen LogP contribution in [0.3, 0.4) is 0 Å². The number of rotatable bonds is 2. The summed E-state index contributed by atoms with van der Waals surface area (Å²) in [5.41, 5.74) is 1.31. The van der Waals surface area contributed by atoms with E-state index in [4.69, 9.17) is 4.74 Å². The first-order valence-electron chi connectivity index (χ1n) is 4.38. The average molecular weight is 180 g/mol. The monoisotopic (exact) mass is 180 g/mol. The van der Waals surface area contributed by atoms with E-state index in [0.29, 0.717) is 5.56 Å². The highest BCUT2D eigenvalue weighted by atomic mass is 16.5. The van der Waals surface area contributed by atoms with Crippen LogP contribution in [0.15, 0.2) is 6.20 Å². The van der Waals surface area contributed by atoms with E-state index >= 15 is 0 Å². The summed E-state index contributed by atoms with van der Waals surface area (Å²) in [5, 5.41) is 4.08. The van der Waals surface area contributed by atoms with Gasteiger partial charge in [-0.1, -0.05) is 0 Å². The van der Waals surface area contributed by atoms with Gasteiger partial charge in [-0.2, -0.15) is 5.10 Å². The van der Waals surface area contributed by atoms with E-state index in [0.717, 1.165) is 18.5 Å². The third-order valence-corrected chi connectivity index (χ3v) is 2.03. The lowest BCUT2D eigenvalue weighted by Gasteiger charge is -1.99. The molecule has 0 N–H and O–H groups in total. The molecule has 1 aliphatic rings. The Labute approximate surface area is 76.5 Å². The van der Waals surface area contributed by atoms with E-state index in [1.165, 1.54) is 0 Å². The lowest BCUT2D eigenvalue weighted by atomic mass is 10.3. The Bertz CT molecular complexity index is 339. The Hall–Kier alpha value is -1.32. The first-order chi connectivity index (χ1) is 6.16. The zero-order valence-electron chi connectivity index (χ0n) is 7.78. The van der Waals surface area contributed by atoms with Crippen LogP contribution in [0.2, 0.25) is 0 Å². The zero-order valence-corrected chi connectivity index (χ0v) is 7.78. The fourth-order valence-corrected chi connectivity index (χ4v) is 1.20. The van der Waals surface area contributed by atoms with Crippen molar-refractivity contribution in [3.05, 3.63) is 17.5 Å². The molecule has 4 heteroatoms. The molecule has 1 aliphatic carbocycles. The predicted octanol–water partition coefficient (Wildman–Crippen LogP) is 1.05. The molecule has 0 spiro atoms. The molecule has 0 bridgehead atoms. The minimum atomic E-state index is -0.242. The average Bonchev–Trinajstić information content (AvgIpc) is 2.77. The predicted molar refractivity (Wildman–Crippen MR) is 46.4 cm³/mol. The van der Waals surface area contributed by atoms with Crippen molar-refractivity contribution < 1.29 is 9.53 Å². The summed E-state index contributed by atoms with van der Waals surface area (Å²) in [6, 6.07) is 0. The Morgan fingerprint density at radius 1 is 1.69 bits per heavy atom. The lowest BCUT2D eigenvalue weighted by molar-refractivity contribution is 0.0471. The van der Waals surface area contributed by atoms with Gasteiger partial charge in [0.25, 0.3) is 0 Å². The van der Waals surface area contributed by atoms with Crippen molar-refractivity contribution in [1.82, 2.24) is 9.78 Å². The number of aryl methyl sites for hydroxylation is 2. The molecule has 0 radical (unpaired) electrons. The van der Waals surface area contributed by atoms with Gasteiger partial charge in [-0.15, -0.1) is 0 Å². The van der Waals surface area contributed by atoms with Gasteiger partial charge >= 0.3 is 5.97 Å². The van der Waals surface area contributed by atoms with Crippen LogP contribution >= 0.6 is 0 Å². The van der Waals surface area contributed by atoms with Gasteiger partial charge in [-0.05, 0) is 19.8 Å². The van der Waals surface area contributed by atoms with Gasteiger partial charge < -0.3 is 4.74 Å². The molecular weight excluding hydrogens is 168 g/mol. The normalized spacial score (nSPS) is 15.8.